The molecule has 1 unspecified atom stereocenters. The summed E-state index contributed by atoms with van der Waals surface area (Å²) in [4.78, 5) is 4.02. The summed E-state index contributed by atoms with van der Waals surface area (Å²) in [5, 5.41) is 0.307. The smallest absolute Gasteiger partial charge is 0.330 e. The molecule has 0 aliphatic rings. The van der Waals surface area contributed by atoms with E-state index in [0.29, 0.717) is 24.5 Å². The Morgan fingerprint density at radius 3 is 2.40 bits per heavy atom. The molecule has 0 fully saturated rings. The Hall–Kier alpha value is -2.25. The first-order valence-corrected chi connectivity index (χ1v) is 10.2. The fraction of sp³-hybridized carbons (Fsp3) is 0.409. The van der Waals surface area contributed by atoms with Crippen molar-refractivity contribution in [2.24, 2.45) is 11.7 Å². The second kappa shape index (κ2) is 8.47. The molecule has 0 amide bonds. The number of fused-ring (bicyclic) bond motifs is 1. The molecule has 2 N–H and O–H groups in total. The summed E-state index contributed by atoms with van der Waals surface area (Å²) in [7, 11) is 0. The Labute approximate surface area is 179 Å². The van der Waals surface area contributed by atoms with E-state index in [4.69, 9.17) is 17.3 Å². The van der Waals surface area contributed by atoms with E-state index in [-0.39, 0.29) is 23.8 Å². The van der Waals surface area contributed by atoms with Crippen LogP contribution in [0.5, 0.6) is 0 Å². The Morgan fingerprint density at radius 1 is 1.23 bits per heavy atom. The molecule has 0 aliphatic carbocycles. The Kier molecular flexibility index (Phi) is 6.34. The number of rotatable bonds is 7. The average molecular weight is 439 g/mol. The van der Waals surface area contributed by atoms with Gasteiger partial charge in [0.2, 0.25) is 5.78 Å². The quantitative estimate of drug-likeness (QED) is 0.473. The molecule has 3 rings (SSSR count). The molecular formula is C22H26ClF3N4. The van der Waals surface area contributed by atoms with Crippen LogP contribution < -0.4 is 5.73 Å². The first-order valence-electron chi connectivity index (χ1n) is 9.83. The van der Waals surface area contributed by atoms with Gasteiger partial charge in [-0.25, -0.2) is 4.98 Å². The molecule has 0 spiro atoms. The van der Waals surface area contributed by atoms with Crippen molar-refractivity contribution in [1.29, 1.82) is 0 Å². The number of aryl methyl sites for hydroxylation is 3. The Bertz CT molecular complexity index is 1060. The maximum absolute atomic E-state index is 13.9. The number of imidazole rings is 2. The van der Waals surface area contributed by atoms with Gasteiger partial charge in [-0.3, -0.25) is 8.97 Å². The molecule has 2 aromatic heterocycles. The van der Waals surface area contributed by atoms with Crippen LogP contribution in [0, 0.1) is 26.7 Å². The first-order chi connectivity index (χ1) is 14.1. The lowest BCUT2D eigenvalue weighted by Crippen LogP contribution is -2.16. The summed E-state index contributed by atoms with van der Waals surface area (Å²) in [5.41, 5.74) is 8.54. The number of hydrogen-bond acceptors (Lipinski definition) is 2. The van der Waals surface area contributed by atoms with E-state index in [1.54, 1.807) is 10.6 Å². The van der Waals surface area contributed by atoms with Gasteiger partial charge >= 0.3 is 6.18 Å². The van der Waals surface area contributed by atoms with Gasteiger partial charge in [0.05, 0.1) is 11.4 Å². The predicted octanol–water partition coefficient (Wildman–Crippen LogP) is 5.81. The number of allylic oxidation sites excluding steroid dienone is 1. The molecule has 2 heterocycles. The van der Waals surface area contributed by atoms with Gasteiger partial charge in [0.25, 0.3) is 0 Å². The Balaban J connectivity index is 2.26. The maximum Gasteiger partial charge on any atom is 0.435 e. The van der Waals surface area contributed by atoms with E-state index in [0.717, 1.165) is 22.4 Å². The predicted molar refractivity (Wildman–Crippen MR) is 114 cm³/mol. The van der Waals surface area contributed by atoms with Crippen molar-refractivity contribution >= 4 is 17.4 Å². The number of benzene rings is 1. The third kappa shape index (κ3) is 4.14. The molecule has 30 heavy (non-hydrogen) atoms. The van der Waals surface area contributed by atoms with E-state index < -0.39 is 11.9 Å². The minimum Gasteiger partial charge on any atom is -0.330 e. The van der Waals surface area contributed by atoms with Gasteiger partial charge in [-0.1, -0.05) is 35.4 Å². The summed E-state index contributed by atoms with van der Waals surface area (Å²) >= 11 is 6.51. The molecule has 3 aromatic rings. The van der Waals surface area contributed by atoms with Gasteiger partial charge in [0, 0.05) is 6.20 Å². The molecule has 4 nitrogen and oxygen atoms in total. The lowest BCUT2D eigenvalue weighted by molar-refractivity contribution is -0.141. The molecule has 0 aliphatic heterocycles. The summed E-state index contributed by atoms with van der Waals surface area (Å²) in [5.74, 6) is 0.0981. The number of alkyl halides is 3. The zero-order chi connectivity index (χ0) is 22.2. The van der Waals surface area contributed by atoms with Gasteiger partial charge in [-0.15, -0.1) is 6.58 Å². The molecule has 1 atom stereocenters. The largest absolute Gasteiger partial charge is 0.435 e. The van der Waals surface area contributed by atoms with E-state index in [1.165, 1.54) is 10.6 Å². The summed E-state index contributed by atoms with van der Waals surface area (Å²) in [6.45, 7) is 9.92. The zero-order valence-corrected chi connectivity index (χ0v) is 18.1. The van der Waals surface area contributed by atoms with Crippen molar-refractivity contribution in [2.45, 2.75) is 46.2 Å². The van der Waals surface area contributed by atoms with Gasteiger partial charge < -0.3 is 5.73 Å². The molecule has 0 saturated heterocycles. The monoisotopic (exact) mass is 438 g/mol. The highest BCUT2D eigenvalue weighted by Gasteiger charge is 2.39. The van der Waals surface area contributed by atoms with Crippen molar-refractivity contribution < 1.29 is 13.2 Å². The van der Waals surface area contributed by atoms with Crippen LogP contribution in [0.3, 0.4) is 0 Å². The number of nitrogens with zero attached hydrogens (tertiary/aromatic N) is 3. The normalized spacial score (nSPS) is 13.2. The second-order valence-corrected chi connectivity index (χ2v) is 8.17. The van der Waals surface area contributed by atoms with Gasteiger partial charge in [-0.2, -0.15) is 13.2 Å². The lowest BCUT2D eigenvalue weighted by atomic mass is 9.95. The molecular weight excluding hydrogens is 413 g/mol. The van der Waals surface area contributed by atoms with Crippen molar-refractivity contribution in [3.8, 4) is 5.69 Å². The minimum atomic E-state index is -4.57. The highest BCUT2D eigenvalue weighted by Crippen LogP contribution is 2.36. The van der Waals surface area contributed by atoms with Crippen molar-refractivity contribution in [3.63, 3.8) is 0 Å². The minimum absolute atomic E-state index is 0.0570. The van der Waals surface area contributed by atoms with E-state index in [2.05, 4.69) is 11.6 Å². The van der Waals surface area contributed by atoms with E-state index in [9.17, 15) is 13.2 Å². The topological polar surface area (TPSA) is 48.2 Å². The van der Waals surface area contributed by atoms with E-state index >= 15 is 0 Å². The van der Waals surface area contributed by atoms with Crippen molar-refractivity contribution in [2.75, 3.05) is 6.54 Å². The molecule has 0 bridgehead atoms. The van der Waals surface area contributed by atoms with Crippen LogP contribution >= 0.6 is 11.6 Å². The number of nitrogens with two attached hydrogens (primary N) is 1. The molecule has 0 saturated carbocycles. The van der Waals surface area contributed by atoms with Crippen LogP contribution in [-0.4, -0.2) is 20.5 Å². The fourth-order valence-corrected chi connectivity index (χ4v) is 4.47. The van der Waals surface area contributed by atoms with Crippen LogP contribution in [0.2, 0.25) is 5.15 Å². The molecule has 162 valence electrons. The highest BCUT2D eigenvalue weighted by atomic mass is 35.5. The van der Waals surface area contributed by atoms with E-state index in [1.807, 2.05) is 32.9 Å². The van der Waals surface area contributed by atoms with Crippen molar-refractivity contribution in [3.05, 3.63) is 64.2 Å². The molecule has 8 heteroatoms. The van der Waals surface area contributed by atoms with Gasteiger partial charge in [0.1, 0.15) is 5.15 Å². The maximum atomic E-state index is 13.9. The summed E-state index contributed by atoms with van der Waals surface area (Å²) in [6, 6.07) is 3.95. The average Bonchev–Trinajstić information content (AvgIpc) is 3.11. The highest BCUT2D eigenvalue weighted by molar-refractivity contribution is 6.30. The van der Waals surface area contributed by atoms with Gasteiger partial charge in [0.15, 0.2) is 5.69 Å². The summed E-state index contributed by atoms with van der Waals surface area (Å²) in [6.07, 6.45) is 0.0139. The SMILES string of the molecule is C=CCC(CCN)Cc1c(C(F)(F)F)nc2n(-c3c(C)cc(C)cc3C)c(Cl)cn12. The van der Waals surface area contributed by atoms with Crippen LogP contribution in [-0.2, 0) is 12.6 Å². The van der Waals surface area contributed by atoms with Gasteiger partial charge in [-0.05, 0) is 63.6 Å². The third-order valence-corrected chi connectivity index (χ3v) is 5.59. The fourth-order valence-electron chi connectivity index (χ4n) is 4.21. The number of halogens is 4. The number of hydrogen-bond donors (Lipinski definition) is 1. The van der Waals surface area contributed by atoms with Crippen LogP contribution in [0.25, 0.3) is 11.5 Å². The van der Waals surface area contributed by atoms with Crippen molar-refractivity contribution in [1.82, 2.24) is 14.0 Å². The first kappa shape index (κ1) is 22.4. The molecule has 1 aromatic carbocycles. The van der Waals surface area contributed by atoms with Crippen LogP contribution in [0.4, 0.5) is 13.2 Å². The van der Waals surface area contributed by atoms with Crippen LogP contribution in [0.1, 0.15) is 40.9 Å². The standard InChI is InChI=1S/C22H26ClF3N4/c1-5-6-16(7-8-27)11-17-20(22(24,25)26)28-21-29(17)12-18(23)30(21)19-14(3)9-13(2)10-15(19)4/h5,9-10,12,16H,1,6-8,11,27H2,2-4H3. The second-order valence-electron chi connectivity index (χ2n) is 7.78. The molecule has 0 radical (unpaired) electrons. The van der Waals surface area contributed by atoms with Crippen LogP contribution in [0.15, 0.2) is 31.0 Å². The zero-order valence-electron chi connectivity index (χ0n) is 17.4. The Morgan fingerprint density at radius 2 is 1.87 bits per heavy atom. The third-order valence-electron chi connectivity index (χ3n) is 5.33. The number of aromatic nitrogens is 3. The summed E-state index contributed by atoms with van der Waals surface area (Å²) < 4.78 is 44.7. The lowest BCUT2D eigenvalue weighted by Gasteiger charge is -2.15.